The van der Waals surface area contributed by atoms with Crippen LogP contribution in [0.5, 0.6) is 0 Å². The van der Waals surface area contributed by atoms with Crippen molar-refractivity contribution in [2.75, 3.05) is 19.5 Å². The maximum absolute atomic E-state index is 11.9. The zero-order valence-electron chi connectivity index (χ0n) is 11.6. The molecule has 0 saturated carbocycles. The molecule has 1 unspecified atom stereocenters. The molecule has 0 aliphatic rings. The van der Waals surface area contributed by atoms with Gasteiger partial charge in [0.25, 0.3) is 0 Å². The standard InChI is InChI=1S/C13H19N3O3S/c1-10(16-20(17,18)9-5-8-19-2)13-14-11-6-3-4-7-12(11)15-13/h3-4,6-7,10,16H,5,8-9H2,1-2H3,(H,14,15). The number of ether oxygens (including phenoxy) is 1. The van der Waals surface area contributed by atoms with Gasteiger partial charge in [-0.05, 0) is 25.5 Å². The molecular formula is C13H19N3O3S. The van der Waals surface area contributed by atoms with Crippen molar-refractivity contribution in [1.29, 1.82) is 0 Å². The van der Waals surface area contributed by atoms with Gasteiger partial charge in [0.2, 0.25) is 10.0 Å². The van der Waals surface area contributed by atoms with Crippen molar-refractivity contribution in [3.63, 3.8) is 0 Å². The molecule has 2 rings (SSSR count). The van der Waals surface area contributed by atoms with Crippen molar-refractivity contribution in [2.45, 2.75) is 19.4 Å². The van der Waals surface area contributed by atoms with Gasteiger partial charge in [0.1, 0.15) is 5.82 Å². The smallest absolute Gasteiger partial charge is 0.212 e. The predicted octanol–water partition coefficient (Wildman–Crippen LogP) is 1.58. The van der Waals surface area contributed by atoms with Crippen LogP contribution in [0.3, 0.4) is 0 Å². The van der Waals surface area contributed by atoms with E-state index in [2.05, 4.69) is 14.7 Å². The molecule has 0 radical (unpaired) electrons. The Balaban J connectivity index is 2.05. The molecule has 0 aliphatic carbocycles. The molecule has 1 aromatic heterocycles. The Morgan fingerprint density at radius 3 is 2.85 bits per heavy atom. The molecule has 6 nitrogen and oxygen atoms in total. The number of aromatic amines is 1. The Hall–Kier alpha value is -1.44. The average Bonchev–Trinajstić information content (AvgIpc) is 2.82. The van der Waals surface area contributed by atoms with Crippen molar-refractivity contribution < 1.29 is 13.2 Å². The molecule has 0 aliphatic heterocycles. The van der Waals surface area contributed by atoms with Gasteiger partial charge in [0, 0.05) is 13.7 Å². The summed E-state index contributed by atoms with van der Waals surface area (Å²) < 4.78 is 31.3. The van der Waals surface area contributed by atoms with Crippen LogP contribution in [0.1, 0.15) is 25.2 Å². The number of fused-ring (bicyclic) bond motifs is 1. The fraction of sp³-hybridized carbons (Fsp3) is 0.462. The van der Waals surface area contributed by atoms with Crippen LogP contribution in [0.15, 0.2) is 24.3 Å². The first-order chi connectivity index (χ1) is 9.52. The highest BCUT2D eigenvalue weighted by atomic mass is 32.2. The Bertz CT molecular complexity index is 633. The summed E-state index contributed by atoms with van der Waals surface area (Å²) in [6.45, 7) is 2.20. The number of hydrogen-bond acceptors (Lipinski definition) is 4. The molecule has 2 N–H and O–H groups in total. The molecule has 0 amide bonds. The van der Waals surface area contributed by atoms with Crippen molar-refractivity contribution in [2.24, 2.45) is 0 Å². The number of aromatic nitrogens is 2. The lowest BCUT2D eigenvalue weighted by molar-refractivity contribution is 0.199. The number of hydrogen-bond donors (Lipinski definition) is 2. The van der Waals surface area contributed by atoms with E-state index in [1.165, 1.54) is 0 Å². The second-order valence-corrected chi connectivity index (χ2v) is 6.52. The molecule has 2 aromatic rings. The predicted molar refractivity (Wildman–Crippen MR) is 77.9 cm³/mol. The van der Waals surface area contributed by atoms with E-state index >= 15 is 0 Å². The fourth-order valence-electron chi connectivity index (χ4n) is 1.95. The molecule has 1 atom stereocenters. The molecule has 0 spiro atoms. The lowest BCUT2D eigenvalue weighted by Crippen LogP contribution is -2.30. The van der Waals surface area contributed by atoms with Gasteiger partial charge in [-0.3, -0.25) is 0 Å². The lowest BCUT2D eigenvalue weighted by atomic mass is 10.3. The molecule has 110 valence electrons. The molecule has 1 aromatic carbocycles. The van der Waals surface area contributed by atoms with Crippen molar-refractivity contribution in [1.82, 2.24) is 14.7 Å². The first-order valence-electron chi connectivity index (χ1n) is 6.45. The number of H-pyrrole nitrogens is 1. The van der Waals surface area contributed by atoms with E-state index in [1.54, 1.807) is 14.0 Å². The highest BCUT2D eigenvalue weighted by molar-refractivity contribution is 7.89. The maximum Gasteiger partial charge on any atom is 0.212 e. The Labute approximate surface area is 118 Å². The van der Waals surface area contributed by atoms with E-state index in [0.29, 0.717) is 18.9 Å². The summed E-state index contributed by atoms with van der Waals surface area (Å²) in [5, 5.41) is 0. The summed E-state index contributed by atoms with van der Waals surface area (Å²) in [6.07, 6.45) is 0.471. The number of nitrogens with one attached hydrogen (secondary N) is 2. The van der Waals surface area contributed by atoms with Gasteiger partial charge in [-0.15, -0.1) is 0 Å². The first-order valence-corrected chi connectivity index (χ1v) is 8.10. The van der Waals surface area contributed by atoms with Gasteiger partial charge in [-0.1, -0.05) is 12.1 Å². The van der Waals surface area contributed by atoms with Crippen LogP contribution in [-0.2, 0) is 14.8 Å². The van der Waals surface area contributed by atoms with Crippen molar-refractivity contribution in [3.05, 3.63) is 30.1 Å². The van der Waals surface area contributed by atoms with Crippen LogP contribution in [0.2, 0.25) is 0 Å². The number of benzene rings is 1. The molecule has 0 bridgehead atoms. The van der Waals surface area contributed by atoms with E-state index in [1.807, 2.05) is 24.3 Å². The summed E-state index contributed by atoms with van der Waals surface area (Å²) in [6, 6.07) is 7.20. The van der Waals surface area contributed by atoms with Gasteiger partial charge in [-0.25, -0.2) is 18.1 Å². The minimum absolute atomic E-state index is 0.0470. The number of para-hydroxylation sites is 2. The quantitative estimate of drug-likeness (QED) is 0.760. The van der Waals surface area contributed by atoms with Gasteiger partial charge in [-0.2, -0.15) is 0 Å². The van der Waals surface area contributed by atoms with E-state index in [9.17, 15) is 8.42 Å². The zero-order chi connectivity index (χ0) is 14.6. The second kappa shape index (κ2) is 6.34. The summed E-state index contributed by atoms with van der Waals surface area (Å²) in [4.78, 5) is 7.51. The number of methoxy groups -OCH3 is 1. The minimum Gasteiger partial charge on any atom is -0.385 e. The maximum atomic E-state index is 11.9. The topological polar surface area (TPSA) is 84.1 Å². The minimum atomic E-state index is -3.33. The normalized spacial score (nSPS) is 13.7. The van der Waals surface area contributed by atoms with Crippen molar-refractivity contribution >= 4 is 21.1 Å². The van der Waals surface area contributed by atoms with E-state index < -0.39 is 16.1 Å². The molecule has 20 heavy (non-hydrogen) atoms. The molecular weight excluding hydrogens is 278 g/mol. The summed E-state index contributed by atoms with van der Waals surface area (Å²) in [7, 11) is -1.78. The third kappa shape index (κ3) is 3.78. The van der Waals surface area contributed by atoms with E-state index in [4.69, 9.17) is 4.74 Å². The van der Waals surface area contributed by atoms with Crippen LogP contribution >= 0.6 is 0 Å². The van der Waals surface area contributed by atoms with Crippen LogP contribution in [-0.4, -0.2) is 37.9 Å². The van der Waals surface area contributed by atoms with Crippen LogP contribution < -0.4 is 4.72 Å². The second-order valence-electron chi connectivity index (χ2n) is 4.64. The summed E-state index contributed by atoms with van der Waals surface area (Å²) >= 11 is 0. The van der Waals surface area contributed by atoms with Gasteiger partial charge >= 0.3 is 0 Å². The number of rotatable bonds is 7. The van der Waals surface area contributed by atoms with Crippen LogP contribution in [0, 0.1) is 0 Å². The molecule has 0 saturated heterocycles. The molecule has 0 fully saturated rings. The zero-order valence-corrected chi connectivity index (χ0v) is 12.4. The van der Waals surface area contributed by atoms with E-state index in [-0.39, 0.29) is 5.75 Å². The first kappa shape index (κ1) is 15.0. The number of nitrogens with zero attached hydrogens (tertiary/aromatic N) is 1. The SMILES string of the molecule is COCCCS(=O)(=O)NC(C)c1nc2ccccc2[nH]1. The van der Waals surface area contributed by atoms with Gasteiger partial charge < -0.3 is 9.72 Å². The Morgan fingerprint density at radius 2 is 2.15 bits per heavy atom. The van der Waals surface area contributed by atoms with E-state index in [0.717, 1.165) is 11.0 Å². The Kier molecular flexibility index (Phi) is 4.74. The third-order valence-corrected chi connectivity index (χ3v) is 4.47. The largest absolute Gasteiger partial charge is 0.385 e. The third-order valence-electron chi connectivity index (χ3n) is 2.94. The lowest BCUT2D eigenvalue weighted by Gasteiger charge is -2.11. The Morgan fingerprint density at radius 1 is 1.40 bits per heavy atom. The fourth-order valence-corrected chi connectivity index (χ4v) is 3.22. The van der Waals surface area contributed by atoms with Crippen LogP contribution in [0.25, 0.3) is 11.0 Å². The van der Waals surface area contributed by atoms with Gasteiger partial charge in [0.15, 0.2) is 0 Å². The number of imidazole rings is 1. The highest BCUT2D eigenvalue weighted by Gasteiger charge is 2.18. The molecule has 7 heteroatoms. The van der Waals surface area contributed by atoms with Crippen molar-refractivity contribution in [3.8, 4) is 0 Å². The summed E-state index contributed by atoms with van der Waals surface area (Å²) in [5.74, 6) is 0.660. The summed E-state index contributed by atoms with van der Waals surface area (Å²) in [5.41, 5.74) is 1.72. The average molecular weight is 297 g/mol. The highest BCUT2D eigenvalue weighted by Crippen LogP contribution is 2.16. The monoisotopic (exact) mass is 297 g/mol. The van der Waals surface area contributed by atoms with Gasteiger partial charge in [0.05, 0.1) is 22.8 Å². The number of sulfonamides is 1. The molecule has 1 heterocycles. The van der Waals surface area contributed by atoms with Crippen LogP contribution in [0.4, 0.5) is 0 Å².